The number of nitrogens with two attached hydrogens (primary N) is 2. The molecule has 22 nitrogen and oxygen atoms in total. The normalized spacial score (nSPS) is 12.9. The van der Waals surface area contributed by atoms with Gasteiger partial charge in [0.05, 0.1) is 53.4 Å². The Bertz CT molecular complexity index is 4800. The average molecular weight is 1500 g/mol. The number of nitrogen functional groups attached to an aromatic ring is 1. The van der Waals surface area contributed by atoms with E-state index in [4.69, 9.17) is 60.6 Å². The molecule has 5 heterocycles. The second kappa shape index (κ2) is 34.0. The van der Waals surface area contributed by atoms with E-state index in [9.17, 15) is 57.9 Å². The van der Waals surface area contributed by atoms with E-state index in [0.29, 0.717) is 39.6 Å². The molecule has 1 unspecified atom stereocenters. The molecule has 102 heavy (non-hydrogen) atoms. The number of halogens is 11. The van der Waals surface area contributed by atoms with E-state index in [0.717, 1.165) is 16.8 Å². The monoisotopic (exact) mass is 1500 g/mol. The summed E-state index contributed by atoms with van der Waals surface area (Å²) in [5.74, 6) is 0.528. The van der Waals surface area contributed by atoms with E-state index < -0.39 is 64.2 Å². The zero-order valence-corrected chi connectivity index (χ0v) is 58.0. The molecule has 0 saturated heterocycles. The van der Waals surface area contributed by atoms with Gasteiger partial charge in [-0.2, -0.15) is 53.0 Å². The lowest BCUT2D eigenvalue weighted by Crippen LogP contribution is -2.40. The molecule has 542 valence electrons. The van der Waals surface area contributed by atoms with Crippen LogP contribution in [0.5, 0.6) is 11.6 Å². The maximum Gasteiger partial charge on any atom is 0.455 e. The number of rotatable bonds is 15. The van der Waals surface area contributed by atoms with Crippen molar-refractivity contribution in [2.45, 2.75) is 90.5 Å². The van der Waals surface area contributed by atoms with Crippen LogP contribution >= 0.6 is 34.8 Å². The molecule has 11 rings (SSSR count). The number of hydrogen-bond donors (Lipinski definition) is 4. The van der Waals surface area contributed by atoms with Gasteiger partial charge >= 0.3 is 18.3 Å². The van der Waals surface area contributed by atoms with Gasteiger partial charge in [0.2, 0.25) is 17.5 Å². The van der Waals surface area contributed by atoms with E-state index in [2.05, 4.69) is 64.2 Å². The van der Waals surface area contributed by atoms with Crippen molar-refractivity contribution in [3.05, 3.63) is 240 Å². The number of primary amides is 1. The van der Waals surface area contributed by atoms with Gasteiger partial charge < -0.3 is 35.8 Å². The van der Waals surface area contributed by atoms with Crippen LogP contribution in [-0.2, 0) is 42.5 Å². The third kappa shape index (κ3) is 20.1. The number of ether oxygens (including phenoxy) is 4. The van der Waals surface area contributed by atoms with Gasteiger partial charge in [0.15, 0.2) is 29.3 Å². The number of methoxy groups -OCH3 is 2. The number of hydrogen-bond acceptors (Lipinski definition) is 17. The van der Waals surface area contributed by atoms with E-state index in [1.807, 2.05) is 45.0 Å². The van der Waals surface area contributed by atoms with Gasteiger partial charge in [0.1, 0.15) is 18.1 Å². The van der Waals surface area contributed by atoms with Gasteiger partial charge in [-0.15, -0.1) is 20.4 Å². The molecule has 0 fully saturated rings. The van der Waals surface area contributed by atoms with Crippen molar-refractivity contribution in [3.8, 4) is 28.7 Å². The van der Waals surface area contributed by atoms with Gasteiger partial charge in [-0.05, 0) is 73.9 Å². The molecule has 34 heteroatoms. The van der Waals surface area contributed by atoms with Crippen LogP contribution in [0.1, 0.15) is 89.8 Å². The number of aryl methyl sites for hydroxylation is 3. The van der Waals surface area contributed by atoms with Crippen LogP contribution in [-0.4, -0.2) is 104 Å². The van der Waals surface area contributed by atoms with E-state index >= 15 is 0 Å². The lowest BCUT2D eigenvalue weighted by Gasteiger charge is -2.19. The highest BCUT2D eigenvalue weighted by molar-refractivity contribution is 7.92. The fourth-order valence-corrected chi connectivity index (χ4v) is 10.6. The van der Waals surface area contributed by atoms with Crippen LogP contribution in [0.4, 0.5) is 40.8 Å². The second-order valence-electron chi connectivity index (χ2n) is 22.6. The minimum Gasteiger partial charge on any atom is -0.496 e. The molecule has 0 saturated carbocycles. The van der Waals surface area contributed by atoms with Crippen molar-refractivity contribution >= 4 is 73.4 Å². The predicted octanol–water partition coefficient (Wildman–Crippen LogP) is 14.1. The maximum absolute atomic E-state index is 13.0. The average Bonchev–Trinajstić information content (AvgIpc) is 1.62. The van der Waals surface area contributed by atoms with Crippen molar-refractivity contribution < 1.29 is 72.1 Å². The van der Waals surface area contributed by atoms with Crippen LogP contribution in [0.2, 0.25) is 15.1 Å². The fourth-order valence-electron chi connectivity index (χ4n) is 8.87. The minimum absolute atomic E-state index is 0. The number of anilines is 1. The SMILES string of the molecule is C.CNC1=C(c2cccc(C(F)(F)F)c2)C(=O)C(c2ccccc2)O1.COc1cc(OC)n2nc(S(=O)(=O)Nc3c(Cl)ccc(C)c3Cl)nc2c1.Cc1ccccc1.Cc1nnc(C(C)(C)C)c(=O)n1N.NC(=O)c1nc(-c2ccccc2)n(-c2ccc(Cl)c(COCC(F)(F)C(F)(F)F)c2)n1. The van der Waals surface area contributed by atoms with E-state index in [-0.39, 0.29) is 90.7 Å². The molecule has 1 aliphatic rings. The topological polar surface area (TPSA) is 290 Å². The first-order valence-corrected chi connectivity index (χ1v) is 32.2. The molecule has 1 atom stereocenters. The zero-order chi connectivity index (χ0) is 74.5. The number of alkyl halides is 8. The Morgan fingerprint density at radius 1 is 0.725 bits per heavy atom. The van der Waals surface area contributed by atoms with Gasteiger partial charge in [0.25, 0.3) is 26.6 Å². The highest BCUT2D eigenvalue weighted by Crippen LogP contribution is 2.40. The van der Waals surface area contributed by atoms with Crippen molar-refractivity contribution in [2.75, 3.05) is 38.4 Å². The summed E-state index contributed by atoms with van der Waals surface area (Å²) < 4.78 is 154. The first kappa shape index (κ1) is 80.8. The quantitative estimate of drug-likeness (QED) is 0.0548. The Morgan fingerprint density at radius 3 is 1.89 bits per heavy atom. The first-order chi connectivity index (χ1) is 47.4. The number of amides is 1. The number of sulfonamides is 1. The Kier molecular flexibility index (Phi) is 26.9. The smallest absolute Gasteiger partial charge is 0.455 e. The summed E-state index contributed by atoms with van der Waals surface area (Å²) in [5, 5.41) is 18.4. The summed E-state index contributed by atoms with van der Waals surface area (Å²) >= 11 is 18.3. The van der Waals surface area contributed by atoms with E-state index in [1.165, 1.54) is 65.4 Å². The van der Waals surface area contributed by atoms with Crippen LogP contribution < -0.4 is 36.6 Å². The van der Waals surface area contributed by atoms with Crippen LogP contribution in [0.3, 0.4) is 0 Å². The summed E-state index contributed by atoms with van der Waals surface area (Å²) in [7, 11) is 0.319. The minimum atomic E-state index is -5.73. The van der Waals surface area contributed by atoms with Gasteiger partial charge in [-0.25, -0.2) is 14.3 Å². The molecule has 6 N–H and O–H groups in total. The Labute approximate surface area is 595 Å². The number of pyridine rings is 1. The number of Topliss-reactive ketones (excluding diaryl/α,β-unsaturated/α-hetero) is 1. The summed E-state index contributed by atoms with van der Waals surface area (Å²) in [5.41, 5.74) is 8.54. The number of carbonyl (C=O) groups is 2. The summed E-state index contributed by atoms with van der Waals surface area (Å²) in [6.07, 6.45) is -11.1. The Morgan fingerprint density at radius 2 is 1.33 bits per heavy atom. The number of aromatic nitrogens is 9. The van der Waals surface area contributed by atoms with Crippen molar-refractivity contribution in [3.63, 3.8) is 0 Å². The molecule has 0 spiro atoms. The van der Waals surface area contributed by atoms with Gasteiger partial charge in [-0.1, -0.05) is 178 Å². The molecule has 0 bridgehead atoms. The molecule has 10 aromatic rings. The Hall–Kier alpha value is -10.2. The molecule has 4 aromatic heterocycles. The van der Waals surface area contributed by atoms with Crippen LogP contribution in [0.25, 0.3) is 28.3 Å². The third-order valence-electron chi connectivity index (χ3n) is 14.1. The lowest BCUT2D eigenvalue weighted by molar-refractivity contribution is -0.297. The molecule has 0 radical (unpaired) electrons. The second-order valence-corrected chi connectivity index (χ2v) is 25.4. The molecule has 1 amide bonds. The molecule has 6 aromatic carbocycles. The molecular formula is C68H68Cl3F8N13O9S. The zero-order valence-electron chi connectivity index (χ0n) is 54.9. The Balaban J connectivity index is 0.000000212. The van der Waals surface area contributed by atoms with Crippen LogP contribution in [0, 0.1) is 20.8 Å². The van der Waals surface area contributed by atoms with Gasteiger partial charge in [-0.3, -0.25) is 19.1 Å². The van der Waals surface area contributed by atoms with Gasteiger partial charge in [0, 0.05) is 40.7 Å². The van der Waals surface area contributed by atoms with Crippen molar-refractivity contribution in [1.82, 2.24) is 49.6 Å². The van der Waals surface area contributed by atoms with E-state index in [1.54, 1.807) is 93.7 Å². The number of fused-ring (bicyclic) bond motifs is 1. The number of carbonyl (C=O) groups excluding carboxylic acids is 2. The number of nitrogens with zero attached hydrogens (tertiary/aromatic N) is 9. The number of ketones is 1. The summed E-state index contributed by atoms with van der Waals surface area (Å²) in [6.45, 7) is 8.67. The predicted molar refractivity (Wildman–Crippen MR) is 370 cm³/mol. The largest absolute Gasteiger partial charge is 0.496 e. The highest BCUT2D eigenvalue weighted by Gasteiger charge is 2.57. The van der Waals surface area contributed by atoms with Crippen molar-refractivity contribution in [1.29, 1.82) is 0 Å². The lowest BCUT2D eigenvalue weighted by atomic mass is 9.93. The third-order valence-corrected chi connectivity index (χ3v) is 16.4. The summed E-state index contributed by atoms with van der Waals surface area (Å²) in [6, 6.07) is 43.0. The maximum atomic E-state index is 13.0. The first-order valence-electron chi connectivity index (χ1n) is 29.6. The van der Waals surface area contributed by atoms with Crippen LogP contribution in [0.15, 0.2) is 174 Å². The highest BCUT2D eigenvalue weighted by atomic mass is 35.5. The number of benzene rings is 6. The molecule has 0 aliphatic carbocycles. The molecule has 1 aliphatic heterocycles. The number of nitrogens with one attached hydrogen (secondary N) is 2. The standard InChI is InChI=1S/C19H14ClF5N4O2.C18H14F3NO2.C15H14Cl2N4O4S.C8H14N4O.C7H8.CH4/c20-14-7-6-13(8-12(14)9-31-10-18(21,22)19(23,24)25)29-17(11-4-2-1-3-5-11)27-16(28-29)15(26)30;1-22-17-14(12-8-5-9-13(10-12)18(19,20)21)15(23)16(24-17)11-6-3-2-4-7-11;1-8-4-5-10(16)14(13(8)17)20-26(22,23)15-18-11-6-9(24-2)7-12(25-3)21(11)19-15;1-5-10-11-6(8(2,3)4)7(13)12(5)9;1-7-5-3-2-4-6-7;/h1-8H,9-10H2,(H2,26,30);2-10,16,22H,1H3;4-7,20H,1-3H3;9H2,1-4H3;2-6H,1H3;1H4. The van der Waals surface area contributed by atoms with Crippen molar-refractivity contribution in [2.24, 2.45) is 5.73 Å². The summed E-state index contributed by atoms with van der Waals surface area (Å²) in [4.78, 5) is 44.0. The molecular weight excluding hydrogens is 1430 g/mol. The fraction of sp³-hybridized carbons (Fsp3) is 0.250.